The van der Waals surface area contributed by atoms with Gasteiger partial charge in [0.15, 0.2) is 11.5 Å². The fraction of sp³-hybridized carbons (Fsp3) is 0.0800. The Kier molecular flexibility index (Phi) is 7.45. The molecule has 1 aliphatic heterocycles. The van der Waals surface area contributed by atoms with Gasteiger partial charge in [-0.1, -0.05) is 51.3 Å². The minimum Gasteiger partial charge on any atom is -0.493 e. The maximum Gasteiger partial charge on any atom is 0.335 e. The summed E-state index contributed by atoms with van der Waals surface area (Å²) in [6, 6.07) is 16.0. The number of nitrogens with one attached hydrogen (secondary N) is 1. The molecule has 3 aromatic carbocycles. The topological polar surface area (TPSA) is 84.9 Å². The highest BCUT2D eigenvalue weighted by atomic mass is 79.9. The van der Waals surface area contributed by atoms with Crippen molar-refractivity contribution >= 4 is 68.7 Å². The van der Waals surface area contributed by atoms with Gasteiger partial charge in [-0.15, -0.1) is 0 Å². The first-order valence-corrected chi connectivity index (χ1v) is 11.7. The van der Waals surface area contributed by atoms with E-state index >= 15 is 0 Å². The number of amides is 4. The van der Waals surface area contributed by atoms with Gasteiger partial charge in [0.1, 0.15) is 12.2 Å². The first-order valence-electron chi connectivity index (χ1n) is 10.2. The molecule has 4 amide bonds. The fourth-order valence-electron chi connectivity index (χ4n) is 3.35. The molecule has 4 rings (SSSR count). The third-order valence-electron chi connectivity index (χ3n) is 5.05. The number of ether oxygens (including phenoxy) is 2. The number of urea groups is 1. The highest BCUT2D eigenvalue weighted by Gasteiger charge is 2.36. The zero-order valence-electron chi connectivity index (χ0n) is 18.2. The second kappa shape index (κ2) is 10.5. The van der Waals surface area contributed by atoms with E-state index in [-0.39, 0.29) is 22.9 Å². The van der Waals surface area contributed by atoms with E-state index in [0.717, 1.165) is 14.9 Å². The largest absolute Gasteiger partial charge is 0.493 e. The molecule has 1 saturated heterocycles. The summed E-state index contributed by atoms with van der Waals surface area (Å²) in [5.74, 6) is -0.977. The van der Waals surface area contributed by atoms with Gasteiger partial charge in [0.25, 0.3) is 11.8 Å². The molecule has 35 heavy (non-hydrogen) atoms. The number of hydrogen-bond acceptors (Lipinski definition) is 5. The van der Waals surface area contributed by atoms with Gasteiger partial charge in [0, 0.05) is 9.50 Å². The minimum absolute atomic E-state index is 0.225. The lowest BCUT2D eigenvalue weighted by Crippen LogP contribution is -2.54. The molecule has 0 saturated carbocycles. The molecule has 7 nitrogen and oxygen atoms in total. The number of barbiturate groups is 1. The fourth-order valence-corrected chi connectivity index (χ4v) is 4.01. The van der Waals surface area contributed by atoms with Gasteiger partial charge >= 0.3 is 6.03 Å². The van der Waals surface area contributed by atoms with Crippen molar-refractivity contribution in [3.8, 4) is 11.5 Å². The van der Waals surface area contributed by atoms with Crippen LogP contribution in [0, 0.1) is 0 Å². The molecule has 178 valence electrons. The second-order valence-electron chi connectivity index (χ2n) is 7.38. The van der Waals surface area contributed by atoms with Crippen LogP contribution < -0.4 is 19.7 Å². The molecule has 1 N–H and O–H groups in total. The number of nitrogens with zero attached hydrogens (tertiary/aromatic N) is 1. The standard InChI is InChI=1S/C25H17BrCl2N2O5/c1-34-21-12-15(11-20(28)22(21)35-13-14-2-4-16(26)5-3-14)10-19-23(31)29-25(33)30(24(19)32)18-8-6-17(27)7-9-18/h2-12H,13H2,1H3,(H,29,31,33)/b19-10+. The summed E-state index contributed by atoms with van der Waals surface area (Å²) in [6.07, 6.45) is 1.33. The van der Waals surface area contributed by atoms with Crippen molar-refractivity contribution in [1.82, 2.24) is 5.32 Å². The molecule has 0 unspecified atom stereocenters. The number of benzene rings is 3. The molecular formula is C25H17BrCl2N2O5. The van der Waals surface area contributed by atoms with Gasteiger partial charge in [-0.3, -0.25) is 14.9 Å². The van der Waals surface area contributed by atoms with Crippen LogP contribution in [0.1, 0.15) is 11.1 Å². The Morgan fingerprint density at radius 3 is 2.34 bits per heavy atom. The number of rotatable bonds is 6. The number of methoxy groups -OCH3 is 1. The van der Waals surface area contributed by atoms with Gasteiger partial charge in [-0.25, -0.2) is 9.69 Å². The number of anilines is 1. The lowest BCUT2D eigenvalue weighted by molar-refractivity contribution is -0.122. The first-order chi connectivity index (χ1) is 16.8. The summed E-state index contributed by atoms with van der Waals surface area (Å²) >= 11 is 15.7. The van der Waals surface area contributed by atoms with Crippen LogP contribution in [0.5, 0.6) is 11.5 Å². The van der Waals surface area contributed by atoms with E-state index in [9.17, 15) is 14.4 Å². The van der Waals surface area contributed by atoms with Gasteiger partial charge in [-0.05, 0) is 65.7 Å². The van der Waals surface area contributed by atoms with Crippen molar-refractivity contribution in [2.75, 3.05) is 12.0 Å². The van der Waals surface area contributed by atoms with Crippen LogP contribution in [0.15, 0.2) is 70.7 Å². The van der Waals surface area contributed by atoms with Gasteiger partial charge in [0.2, 0.25) is 0 Å². The van der Waals surface area contributed by atoms with Crippen LogP contribution in [-0.2, 0) is 16.2 Å². The Morgan fingerprint density at radius 2 is 1.69 bits per heavy atom. The average Bonchev–Trinajstić information content (AvgIpc) is 2.83. The Bertz CT molecular complexity index is 1340. The van der Waals surface area contributed by atoms with Crippen molar-refractivity contribution in [3.05, 3.63) is 91.9 Å². The Labute approximate surface area is 219 Å². The number of halogens is 3. The molecule has 0 aromatic heterocycles. The molecular weight excluding hydrogens is 559 g/mol. The summed E-state index contributed by atoms with van der Waals surface area (Å²) in [4.78, 5) is 38.8. The van der Waals surface area contributed by atoms with Crippen molar-refractivity contribution in [2.45, 2.75) is 6.61 Å². The average molecular weight is 576 g/mol. The van der Waals surface area contributed by atoms with Crippen LogP contribution >= 0.6 is 39.1 Å². The van der Waals surface area contributed by atoms with Crippen molar-refractivity contribution in [2.24, 2.45) is 0 Å². The van der Waals surface area contributed by atoms with E-state index in [0.29, 0.717) is 22.1 Å². The lowest BCUT2D eigenvalue weighted by atomic mass is 10.1. The molecule has 0 aliphatic carbocycles. The third-order valence-corrected chi connectivity index (χ3v) is 6.11. The summed E-state index contributed by atoms with van der Waals surface area (Å²) in [5.41, 5.74) is 1.35. The van der Waals surface area contributed by atoms with E-state index in [1.165, 1.54) is 43.5 Å². The summed E-state index contributed by atoms with van der Waals surface area (Å²) < 4.78 is 12.2. The predicted molar refractivity (Wildman–Crippen MR) is 137 cm³/mol. The SMILES string of the molecule is COc1cc(/C=C2\C(=O)NC(=O)N(c3ccc(Cl)cc3)C2=O)cc(Cl)c1OCc1ccc(Br)cc1. The molecule has 1 heterocycles. The maximum atomic E-state index is 13.1. The number of imide groups is 2. The van der Waals surface area contributed by atoms with Gasteiger partial charge in [-0.2, -0.15) is 0 Å². The van der Waals surface area contributed by atoms with Crippen LogP contribution in [0.4, 0.5) is 10.5 Å². The lowest BCUT2D eigenvalue weighted by Gasteiger charge is -2.26. The summed E-state index contributed by atoms with van der Waals surface area (Å²) in [6.45, 7) is 0.253. The van der Waals surface area contributed by atoms with Crippen molar-refractivity contribution in [3.63, 3.8) is 0 Å². The number of hydrogen-bond donors (Lipinski definition) is 1. The maximum absolute atomic E-state index is 13.1. The number of carbonyl (C=O) groups excluding carboxylic acids is 3. The molecule has 3 aromatic rings. The van der Waals surface area contributed by atoms with E-state index in [2.05, 4.69) is 21.2 Å². The van der Waals surface area contributed by atoms with Crippen molar-refractivity contribution in [1.29, 1.82) is 0 Å². The van der Waals surface area contributed by atoms with Crippen LogP contribution in [0.25, 0.3) is 6.08 Å². The van der Waals surface area contributed by atoms with Crippen LogP contribution in [0.3, 0.4) is 0 Å². The van der Waals surface area contributed by atoms with E-state index in [1.807, 2.05) is 24.3 Å². The highest BCUT2D eigenvalue weighted by molar-refractivity contribution is 9.10. The highest BCUT2D eigenvalue weighted by Crippen LogP contribution is 2.38. The Morgan fingerprint density at radius 1 is 1.00 bits per heavy atom. The van der Waals surface area contributed by atoms with Gasteiger partial charge < -0.3 is 9.47 Å². The zero-order valence-corrected chi connectivity index (χ0v) is 21.3. The number of carbonyl (C=O) groups is 3. The molecule has 0 atom stereocenters. The molecule has 1 fully saturated rings. The molecule has 0 radical (unpaired) electrons. The quantitative estimate of drug-likeness (QED) is 0.287. The van der Waals surface area contributed by atoms with Crippen LogP contribution in [0.2, 0.25) is 10.0 Å². The Hall–Kier alpha value is -3.33. The zero-order chi connectivity index (χ0) is 25.1. The Balaban J connectivity index is 1.63. The van der Waals surface area contributed by atoms with Gasteiger partial charge in [0.05, 0.1) is 17.8 Å². The van der Waals surface area contributed by atoms with E-state index < -0.39 is 17.8 Å². The second-order valence-corrected chi connectivity index (χ2v) is 9.14. The molecule has 0 bridgehead atoms. The molecule has 0 spiro atoms. The van der Waals surface area contributed by atoms with E-state index in [4.69, 9.17) is 32.7 Å². The first kappa shape index (κ1) is 24.8. The van der Waals surface area contributed by atoms with Crippen LogP contribution in [-0.4, -0.2) is 25.0 Å². The summed E-state index contributed by atoms with van der Waals surface area (Å²) in [5, 5.41) is 2.84. The van der Waals surface area contributed by atoms with Crippen molar-refractivity contribution < 1.29 is 23.9 Å². The predicted octanol–water partition coefficient (Wildman–Crippen LogP) is 6.01. The third kappa shape index (κ3) is 5.51. The summed E-state index contributed by atoms with van der Waals surface area (Å²) in [7, 11) is 1.45. The molecule has 1 aliphatic rings. The minimum atomic E-state index is -0.855. The normalized spacial score (nSPS) is 14.8. The smallest absolute Gasteiger partial charge is 0.335 e. The van der Waals surface area contributed by atoms with E-state index in [1.54, 1.807) is 6.07 Å². The monoisotopic (exact) mass is 574 g/mol. The molecule has 10 heteroatoms.